The zero-order chi connectivity index (χ0) is 10.8. The molecule has 82 valence electrons. The Labute approximate surface area is 92.3 Å². The molecule has 0 spiro atoms. The molecule has 0 N–H and O–H groups in total. The van der Waals surface area contributed by atoms with E-state index in [4.69, 9.17) is 0 Å². The summed E-state index contributed by atoms with van der Waals surface area (Å²) < 4.78 is 0. The van der Waals surface area contributed by atoms with E-state index in [1.54, 1.807) is 0 Å². The molecule has 0 aromatic heterocycles. The summed E-state index contributed by atoms with van der Waals surface area (Å²) in [5, 5.41) is 0. The smallest absolute Gasteiger partial charge is 0.158 e. The Morgan fingerprint density at radius 3 is 2.67 bits per heavy atom. The molecule has 0 amide bonds. The van der Waals surface area contributed by atoms with Crippen molar-refractivity contribution in [3.05, 3.63) is 24.8 Å². The summed E-state index contributed by atoms with van der Waals surface area (Å²) in [5.41, 5.74) is 0.907. The topological polar surface area (TPSA) is 17.1 Å². The highest BCUT2D eigenvalue weighted by Gasteiger charge is 2.41. The predicted octanol–water partition coefficient (Wildman–Crippen LogP) is 3.51. The van der Waals surface area contributed by atoms with E-state index in [1.165, 1.54) is 25.7 Å². The fraction of sp³-hybridized carbons (Fsp3) is 0.643. The van der Waals surface area contributed by atoms with Crippen LogP contribution in [0, 0.1) is 17.8 Å². The molecule has 0 aromatic rings. The number of carbonyl (C=O) groups excluding carboxylic acids is 1. The maximum absolute atomic E-state index is 11.8. The molecule has 0 radical (unpaired) electrons. The van der Waals surface area contributed by atoms with E-state index in [-0.39, 0.29) is 5.78 Å². The van der Waals surface area contributed by atoms with Crippen LogP contribution in [0.15, 0.2) is 24.8 Å². The van der Waals surface area contributed by atoms with Gasteiger partial charge in [-0.25, -0.2) is 0 Å². The molecule has 2 rings (SSSR count). The first kappa shape index (κ1) is 10.7. The number of carbonyl (C=O) groups is 1. The average molecular weight is 204 g/mol. The molecule has 2 aliphatic carbocycles. The van der Waals surface area contributed by atoms with Crippen molar-refractivity contribution in [1.82, 2.24) is 0 Å². The normalized spacial score (nSPS) is 32.9. The summed E-state index contributed by atoms with van der Waals surface area (Å²) in [6.45, 7) is 7.67. The van der Waals surface area contributed by atoms with Gasteiger partial charge in [-0.15, -0.1) is 6.58 Å². The molecule has 2 bridgehead atoms. The third-order valence-electron chi connectivity index (χ3n) is 4.12. The van der Waals surface area contributed by atoms with Crippen LogP contribution in [-0.4, -0.2) is 5.78 Å². The molecule has 2 saturated carbocycles. The van der Waals surface area contributed by atoms with Crippen LogP contribution in [0.2, 0.25) is 0 Å². The monoisotopic (exact) mass is 204 g/mol. The molecule has 0 saturated heterocycles. The Kier molecular flexibility index (Phi) is 3.08. The molecule has 3 atom stereocenters. The molecule has 15 heavy (non-hydrogen) atoms. The fourth-order valence-corrected chi connectivity index (χ4v) is 3.27. The minimum atomic E-state index is 0.271. The van der Waals surface area contributed by atoms with Crippen molar-refractivity contribution in [3.8, 4) is 0 Å². The van der Waals surface area contributed by atoms with Gasteiger partial charge in [0.15, 0.2) is 5.78 Å². The van der Waals surface area contributed by atoms with Gasteiger partial charge in [-0.2, -0.15) is 0 Å². The first-order valence-electron chi connectivity index (χ1n) is 6.05. The van der Waals surface area contributed by atoms with Crippen LogP contribution in [0.4, 0.5) is 0 Å². The van der Waals surface area contributed by atoms with Gasteiger partial charge in [0.25, 0.3) is 0 Å². The Hall–Kier alpha value is -0.850. The number of ketones is 1. The van der Waals surface area contributed by atoms with Crippen LogP contribution in [0.25, 0.3) is 0 Å². The van der Waals surface area contributed by atoms with Gasteiger partial charge < -0.3 is 0 Å². The van der Waals surface area contributed by atoms with Gasteiger partial charge in [0.05, 0.1) is 0 Å². The third-order valence-corrected chi connectivity index (χ3v) is 4.12. The van der Waals surface area contributed by atoms with Crippen LogP contribution in [0.5, 0.6) is 0 Å². The average Bonchev–Trinajstić information content (AvgIpc) is 2.86. The van der Waals surface area contributed by atoms with Crippen LogP contribution in [0.1, 0.15) is 38.5 Å². The standard InChI is InChI=1S/C14H20O/c1-3-4-5-14(15)10(2)13-9-11-6-7-12(13)8-11/h3,11-13H,1-2,4-9H2. The summed E-state index contributed by atoms with van der Waals surface area (Å²) >= 11 is 0. The zero-order valence-electron chi connectivity index (χ0n) is 9.37. The summed E-state index contributed by atoms with van der Waals surface area (Å²) in [7, 11) is 0. The molecular formula is C14H20O. The quantitative estimate of drug-likeness (QED) is 0.494. The molecular weight excluding hydrogens is 184 g/mol. The molecule has 2 aliphatic rings. The number of Topliss-reactive ketones (excluding diaryl/α,β-unsaturated/α-hetero) is 1. The van der Waals surface area contributed by atoms with Crippen LogP contribution in [-0.2, 0) is 4.79 Å². The van der Waals surface area contributed by atoms with Crippen molar-refractivity contribution in [2.24, 2.45) is 17.8 Å². The maximum atomic E-state index is 11.8. The molecule has 2 fully saturated rings. The number of rotatable bonds is 5. The number of hydrogen-bond donors (Lipinski definition) is 0. The van der Waals surface area contributed by atoms with Gasteiger partial charge in [-0.1, -0.05) is 19.1 Å². The minimum absolute atomic E-state index is 0.271. The highest BCUT2D eigenvalue weighted by Crippen LogP contribution is 2.50. The van der Waals surface area contributed by atoms with E-state index < -0.39 is 0 Å². The van der Waals surface area contributed by atoms with Crippen molar-refractivity contribution in [3.63, 3.8) is 0 Å². The van der Waals surface area contributed by atoms with E-state index in [1.807, 2.05) is 6.08 Å². The van der Waals surface area contributed by atoms with E-state index in [9.17, 15) is 4.79 Å². The van der Waals surface area contributed by atoms with E-state index in [0.717, 1.165) is 23.8 Å². The Balaban J connectivity index is 1.91. The molecule has 0 aliphatic heterocycles. The second kappa shape index (κ2) is 4.34. The Bertz CT molecular complexity index is 290. The number of hydrogen-bond acceptors (Lipinski definition) is 1. The van der Waals surface area contributed by atoms with Gasteiger partial charge in [0.2, 0.25) is 0 Å². The minimum Gasteiger partial charge on any atom is -0.295 e. The van der Waals surface area contributed by atoms with Crippen LogP contribution >= 0.6 is 0 Å². The van der Waals surface area contributed by atoms with Crippen LogP contribution in [0.3, 0.4) is 0 Å². The highest BCUT2D eigenvalue weighted by atomic mass is 16.1. The van der Waals surface area contributed by atoms with E-state index >= 15 is 0 Å². The molecule has 3 unspecified atom stereocenters. The van der Waals surface area contributed by atoms with Crippen molar-refractivity contribution < 1.29 is 4.79 Å². The van der Waals surface area contributed by atoms with Crippen LogP contribution < -0.4 is 0 Å². The highest BCUT2D eigenvalue weighted by molar-refractivity contribution is 5.95. The fourth-order valence-electron chi connectivity index (χ4n) is 3.27. The van der Waals surface area contributed by atoms with Gasteiger partial charge >= 0.3 is 0 Å². The van der Waals surface area contributed by atoms with E-state index in [2.05, 4.69) is 13.2 Å². The zero-order valence-corrected chi connectivity index (χ0v) is 9.37. The van der Waals surface area contributed by atoms with Crippen molar-refractivity contribution in [2.75, 3.05) is 0 Å². The summed E-state index contributed by atoms with van der Waals surface area (Å²) in [6.07, 6.45) is 8.49. The number of fused-ring (bicyclic) bond motifs is 2. The van der Waals surface area contributed by atoms with Gasteiger partial charge in [0, 0.05) is 6.42 Å². The van der Waals surface area contributed by atoms with Crippen molar-refractivity contribution in [1.29, 1.82) is 0 Å². The molecule has 0 aromatic carbocycles. The lowest BCUT2D eigenvalue weighted by atomic mass is 9.81. The first-order chi connectivity index (χ1) is 7.22. The third kappa shape index (κ3) is 2.06. The molecule has 1 heteroatoms. The lowest BCUT2D eigenvalue weighted by Gasteiger charge is -2.22. The van der Waals surface area contributed by atoms with Crippen molar-refractivity contribution in [2.45, 2.75) is 38.5 Å². The molecule has 1 nitrogen and oxygen atoms in total. The van der Waals surface area contributed by atoms with E-state index in [0.29, 0.717) is 12.3 Å². The largest absolute Gasteiger partial charge is 0.295 e. The second-order valence-electron chi connectivity index (χ2n) is 5.06. The Morgan fingerprint density at radius 2 is 2.13 bits per heavy atom. The molecule has 0 heterocycles. The van der Waals surface area contributed by atoms with Crippen molar-refractivity contribution >= 4 is 5.78 Å². The maximum Gasteiger partial charge on any atom is 0.158 e. The summed E-state index contributed by atoms with van der Waals surface area (Å²) in [5.74, 6) is 2.45. The lowest BCUT2D eigenvalue weighted by Crippen LogP contribution is -2.18. The Morgan fingerprint density at radius 1 is 1.33 bits per heavy atom. The predicted molar refractivity (Wildman–Crippen MR) is 62.5 cm³/mol. The van der Waals surface area contributed by atoms with Gasteiger partial charge in [-0.05, 0) is 49.0 Å². The second-order valence-corrected chi connectivity index (χ2v) is 5.06. The summed E-state index contributed by atoms with van der Waals surface area (Å²) in [6, 6.07) is 0. The summed E-state index contributed by atoms with van der Waals surface area (Å²) in [4.78, 5) is 11.8. The SMILES string of the molecule is C=CCCC(=O)C(=C)C1CC2CCC1C2. The first-order valence-corrected chi connectivity index (χ1v) is 6.05. The van der Waals surface area contributed by atoms with Gasteiger partial charge in [0.1, 0.15) is 0 Å². The number of allylic oxidation sites excluding steroid dienone is 2. The van der Waals surface area contributed by atoms with Gasteiger partial charge in [-0.3, -0.25) is 4.79 Å². The lowest BCUT2D eigenvalue weighted by molar-refractivity contribution is -0.116.